The number of piperidine rings is 1. The predicted molar refractivity (Wildman–Crippen MR) is 77.8 cm³/mol. The maximum atomic E-state index is 12.2. The summed E-state index contributed by atoms with van der Waals surface area (Å²) in [5, 5.41) is 8.55. The van der Waals surface area contributed by atoms with Crippen molar-refractivity contribution in [3.8, 4) is 0 Å². The number of likely N-dealkylation sites (tertiary alicyclic amines) is 1. The first-order valence-electron chi connectivity index (χ1n) is 7.15. The third-order valence-corrected chi connectivity index (χ3v) is 3.97. The van der Waals surface area contributed by atoms with Gasteiger partial charge in [0, 0.05) is 18.7 Å². The summed E-state index contributed by atoms with van der Waals surface area (Å²) in [6.07, 6.45) is 2.27. The molecule has 6 heteroatoms. The molecule has 2 rings (SSSR count). The maximum Gasteiger partial charge on any atom is 0.274 e. The van der Waals surface area contributed by atoms with Crippen molar-refractivity contribution in [1.29, 1.82) is 0 Å². The maximum absolute atomic E-state index is 12.2. The fourth-order valence-electron chi connectivity index (χ4n) is 2.54. The van der Waals surface area contributed by atoms with Crippen LogP contribution in [0.1, 0.15) is 28.8 Å². The molecule has 0 bridgehead atoms. The Morgan fingerprint density at radius 1 is 1.24 bits per heavy atom. The van der Waals surface area contributed by atoms with E-state index in [0.717, 1.165) is 31.5 Å². The van der Waals surface area contributed by atoms with Crippen molar-refractivity contribution in [3.05, 3.63) is 35.4 Å². The molecule has 0 aliphatic carbocycles. The van der Waals surface area contributed by atoms with E-state index in [1.807, 2.05) is 4.90 Å². The van der Waals surface area contributed by atoms with E-state index in [0.29, 0.717) is 24.4 Å². The number of nitrogens with zero attached hydrogens (tertiary/aromatic N) is 1. The van der Waals surface area contributed by atoms with Crippen LogP contribution in [0.5, 0.6) is 0 Å². The highest BCUT2D eigenvalue weighted by atomic mass is 16.5. The lowest BCUT2D eigenvalue weighted by molar-refractivity contribution is -0.131. The van der Waals surface area contributed by atoms with Crippen molar-refractivity contribution in [2.24, 2.45) is 11.7 Å². The first kappa shape index (κ1) is 15.5. The molecule has 1 aliphatic rings. The van der Waals surface area contributed by atoms with Gasteiger partial charge in [-0.25, -0.2) is 5.48 Å². The number of nitrogens with one attached hydrogen (secondary N) is 1. The lowest BCUT2D eigenvalue weighted by Crippen LogP contribution is -2.40. The summed E-state index contributed by atoms with van der Waals surface area (Å²) in [7, 11) is 0. The largest absolute Gasteiger partial charge is 0.342 e. The van der Waals surface area contributed by atoms with Crippen LogP contribution in [0.4, 0.5) is 0 Å². The number of amides is 2. The average molecular weight is 291 g/mol. The second kappa shape index (κ2) is 7.19. The third kappa shape index (κ3) is 4.03. The third-order valence-electron chi connectivity index (χ3n) is 3.97. The summed E-state index contributed by atoms with van der Waals surface area (Å²) in [6, 6.07) is 6.65. The van der Waals surface area contributed by atoms with Crippen LogP contribution in [0.15, 0.2) is 24.3 Å². The second-order valence-corrected chi connectivity index (χ2v) is 5.37. The number of hydrogen-bond donors (Lipinski definition) is 3. The Hall–Kier alpha value is -1.92. The smallest absolute Gasteiger partial charge is 0.274 e. The Bertz CT molecular complexity index is 493. The molecule has 0 radical (unpaired) electrons. The highest BCUT2D eigenvalue weighted by Gasteiger charge is 2.21. The van der Waals surface area contributed by atoms with Gasteiger partial charge < -0.3 is 10.6 Å². The van der Waals surface area contributed by atoms with Crippen LogP contribution in [-0.4, -0.2) is 41.6 Å². The van der Waals surface area contributed by atoms with Crippen LogP contribution in [0.25, 0.3) is 0 Å². The molecule has 0 atom stereocenters. The van der Waals surface area contributed by atoms with E-state index in [-0.39, 0.29) is 5.91 Å². The van der Waals surface area contributed by atoms with E-state index < -0.39 is 5.91 Å². The molecule has 1 aromatic rings. The summed E-state index contributed by atoms with van der Waals surface area (Å²) in [5.41, 5.74) is 8.44. The predicted octanol–water partition coefficient (Wildman–Crippen LogP) is 0.545. The van der Waals surface area contributed by atoms with Gasteiger partial charge in [-0.05, 0) is 43.0 Å². The molecule has 6 nitrogen and oxygen atoms in total. The van der Waals surface area contributed by atoms with E-state index in [2.05, 4.69) is 0 Å². The van der Waals surface area contributed by atoms with Crippen LogP contribution < -0.4 is 11.2 Å². The van der Waals surface area contributed by atoms with E-state index in [4.69, 9.17) is 10.9 Å². The molecule has 1 aliphatic heterocycles. The fraction of sp³-hybridized carbons (Fsp3) is 0.467. The molecule has 0 unspecified atom stereocenters. The topological polar surface area (TPSA) is 95.7 Å². The van der Waals surface area contributed by atoms with Gasteiger partial charge in [0.05, 0.1) is 6.42 Å². The van der Waals surface area contributed by atoms with E-state index >= 15 is 0 Å². The zero-order valence-electron chi connectivity index (χ0n) is 11.9. The fourth-order valence-corrected chi connectivity index (χ4v) is 2.54. The Labute approximate surface area is 123 Å². The Morgan fingerprint density at radius 2 is 1.86 bits per heavy atom. The summed E-state index contributed by atoms with van der Waals surface area (Å²) in [4.78, 5) is 25.3. The van der Waals surface area contributed by atoms with Gasteiger partial charge in [0.15, 0.2) is 0 Å². The molecule has 4 N–H and O–H groups in total. The minimum Gasteiger partial charge on any atom is -0.342 e. The highest BCUT2D eigenvalue weighted by Crippen LogP contribution is 2.17. The molecule has 114 valence electrons. The van der Waals surface area contributed by atoms with Crippen molar-refractivity contribution in [2.45, 2.75) is 19.3 Å². The van der Waals surface area contributed by atoms with Gasteiger partial charge in [-0.15, -0.1) is 0 Å². The average Bonchev–Trinajstić information content (AvgIpc) is 2.55. The van der Waals surface area contributed by atoms with Gasteiger partial charge in [0.1, 0.15) is 0 Å². The molecule has 0 spiro atoms. The zero-order valence-corrected chi connectivity index (χ0v) is 11.9. The minimum absolute atomic E-state index is 0.102. The van der Waals surface area contributed by atoms with Crippen molar-refractivity contribution in [2.75, 3.05) is 19.6 Å². The highest BCUT2D eigenvalue weighted by molar-refractivity contribution is 5.93. The first-order valence-corrected chi connectivity index (χ1v) is 7.15. The molecular formula is C15H21N3O3. The summed E-state index contributed by atoms with van der Waals surface area (Å²) >= 11 is 0. The molecule has 1 aromatic carbocycles. The number of nitrogens with two attached hydrogens (primary N) is 1. The van der Waals surface area contributed by atoms with Crippen LogP contribution in [-0.2, 0) is 11.2 Å². The Kier molecular flexibility index (Phi) is 5.30. The second-order valence-electron chi connectivity index (χ2n) is 5.37. The van der Waals surface area contributed by atoms with Crippen LogP contribution >= 0.6 is 0 Å². The summed E-state index contributed by atoms with van der Waals surface area (Å²) in [5.74, 6) is 0.0758. The Balaban J connectivity index is 1.89. The minimum atomic E-state index is -0.559. The Morgan fingerprint density at radius 3 is 2.38 bits per heavy atom. The van der Waals surface area contributed by atoms with Gasteiger partial charge in [-0.3, -0.25) is 14.8 Å². The monoisotopic (exact) mass is 291 g/mol. The molecule has 1 saturated heterocycles. The lowest BCUT2D eigenvalue weighted by atomic mass is 9.96. The first-order chi connectivity index (χ1) is 10.1. The van der Waals surface area contributed by atoms with Gasteiger partial charge in [-0.2, -0.15) is 0 Å². The van der Waals surface area contributed by atoms with Gasteiger partial charge in [0.2, 0.25) is 5.91 Å². The van der Waals surface area contributed by atoms with E-state index in [9.17, 15) is 9.59 Å². The van der Waals surface area contributed by atoms with Gasteiger partial charge in [0.25, 0.3) is 5.91 Å². The van der Waals surface area contributed by atoms with Crippen LogP contribution in [0.2, 0.25) is 0 Å². The van der Waals surface area contributed by atoms with Crippen molar-refractivity contribution in [1.82, 2.24) is 10.4 Å². The van der Waals surface area contributed by atoms with Crippen molar-refractivity contribution in [3.63, 3.8) is 0 Å². The normalized spacial score (nSPS) is 15.8. The van der Waals surface area contributed by atoms with E-state index in [1.54, 1.807) is 29.7 Å². The number of carbonyl (C=O) groups is 2. The van der Waals surface area contributed by atoms with Crippen molar-refractivity contribution >= 4 is 11.8 Å². The molecule has 21 heavy (non-hydrogen) atoms. The summed E-state index contributed by atoms with van der Waals surface area (Å²) < 4.78 is 0. The van der Waals surface area contributed by atoms with Crippen LogP contribution in [0, 0.1) is 5.92 Å². The van der Waals surface area contributed by atoms with Crippen LogP contribution in [0.3, 0.4) is 0 Å². The lowest BCUT2D eigenvalue weighted by Gasteiger charge is -2.31. The number of hydroxylamine groups is 1. The van der Waals surface area contributed by atoms with Gasteiger partial charge >= 0.3 is 0 Å². The molecule has 1 fully saturated rings. The number of rotatable bonds is 4. The SMILES string of the molecule is NCC1CCN(C(=O)Cc2ccc(C(=O)NO)cc2)CC1. The number of benzene rings is 1. The summed E-state index contributed by atoms with van der Waals surface area (Å²) in [6.45, 7) is 2.23. The zero-order chi connectivity index (χ0) is 15.2. The number of hydrogen-bond acceptors (Lipinski definition) is 4. The molecule has 1 heterocycles. The molecule has 0 aromatic heterocycles. The van der Waals surface area contributed by atoms with Crippen molar-refractivity contribution < 1.29 is 14.8 Å². The van der Waals surface area contributed by atoms with Gasteiger partial charge in [-0.1, -0.05) is 12.1 Å². The van der Waals surface area contributed by atoms with E-state index in [1.165, 1.54) is 0 Å². The number of carbonyl (C=O) groups excluding carboxylic acids is 2. The quantitative estimate of drug-likeness (QED) is 0.557. The molecule has 2 amide bonds. The molecule has 0 saturated carbocycles. The molecular weight excluding hydrogens is 270 g/mol. The standard InChI is InChI=1S/C15H21N3O3/c16-10-12-5-7-18(8-6-12)14(19)9-11-1-3-13(4-2-11)15(20)17-21/h1-4,12,21H,5-10,16H2,(H,17,20).